The Kier molecular flexibility index (Phi) is 1.79. The Morgan fingerprint density at radius 1 is 1.67 bits per heavy atom. The topological polar surface area (TPSA) is 49.7 Å². The number of hydrogen-bond donors (Lipinski definition) is 2. The van der Waals surface area contributed by atoms with E-state index in [4.69, 9.17) is 10.1 Å². The molecule has 1 heterocycles. The Balaban J connectivity index is 2.38. The quantitative estimate of drug-likeness (QED) is 0.501. The van der Waals surface area contributed by atoms with Crippen molar-refractivity contribution in [1.29, 1.82) is 0 Å². The van der Waals surface area contributed by atoms with Gasteiger partial charge in [-0.1, -0.05) is 12.2 Å². The number of rotatable bonds is 0. The molecule has 64 valence electrons. The minimum atomic E-state index is -1.28. The van der Waals surface area contributed by atoms with Crippen molar-refractivity contribution in [3.05, 3.63) is 23.2 Å². The molecule has 2 unspecified atom stereocenters. The normalized spacial score (nSPS) is 34.4. The van der Waals surface area contributed by atoms with E-state index in [9.17, 15) is 4.39 Å². The van der Waals surface area contributed by atoms with Crippen LogP contribution in [0.2, 0.25) is 0 Å². The molecule has 2 aliphatic rings. The average Bonchev–Trinajstić information content (AvgIpc) is 2.29. The van der Waals surface area contributed by atoms with E-state index in [0.29, 0.717) is 5.57 Å². The summed E-state index contributed by atoms with van der Waals surface area (Å²) in [5.41, 5.74) is 0.534. The molecule has 12 heavy (non-hydrogen) atoms. The van der Waals surface area contributed by atoms with Crippen molar-refractivity contribution in [2.45, 2.75) is 18.9 Å². The summed E-state index contributed by atoms with van der Waals surface area (Å²) in [5, 5.41) is 18.3. The van der Waals surface area contributed by atoms with E-state index in [1.807, 2.05) is 0 Å². The molecule has 0 spiro atoms. The first kappa shape index (κ1) is 7.98. The van der Waals surface area contributed by atoms with Crippen LogP contribution >= 0.6 is 0 Å². The van der Waals surface area contributed by atoms with Gasteiger partial charge in [-0.2, -0.15) is 0 Å². The lowest BCUT2D eigenvalue weighted by Crippen LogP contribution is -2.23. The monoisotopic (exact) mass is 170 g/mol. The molecule has 2 rings (SSSR count). The van der Waals surface area contributed by atoms with Crippen LogP contribution in [0, 0.1) is 0 Å². The van der Waals surface area contributed by atoms with Gasteiger partial charge in [-0.25, -0.2) is 4.39 Å². The molecule has 0 amide bonds. The maximum Gasteiger partial charge on any atom is 0.492 e. The maximum atomic E-state index is 13.1. The second-order valence-corrected chi connectivity index (χ2v) is 2.86. The molecule has 0 fully saturated rings. The van der Waals surface area contributed by atoms with Crippen molar-refractivity contribution >= 4 is 7.12 Å². The van der Waals surface area contributed by atoms with Crippen molar-refractivity contribution < 1.29 is 19.2 Å². The molecule has 0 aromatic carbocycles. The van der Waals surface area contributed by atoms with Gasteiger partial charge in [0.15, 0.2) is 6.29 Å². The first-order valence-electron chi connectivity index (χ1n) is 3.76. The number of alkyl halides is 1. The summed E-state index contributed by atoms with van der Waals surface area (Å²) < 4.78 is 17.7. The minimum absolute atomic E-state index is 0.171. The van der Waals surface area contributed by atoms with Gasteiger partial charge in [0.1, 0.15) is 6.17 Å². The van der Waals surface area contributed by atoms with Crippen molar-refractivity contribution in [2.75, 3.05) is 0 Å². The minimum Gasteiger partial charge on any atom is -0.423 e. The highest BCUT2D eigenvalue weighted by Crippen LogP contribution is 2.31. The van der Waals surface area contributed by atoms with Crippen molar-refractivity contribution in [2.24, 2.45) is 0 Å². The predicted molar refractivity (Wildman–Crippen MR) is 40.7 cm³/mol. The third-order valence-electron chi connectivity index (χ3n) is 2.10. The summed E-state index contributed by atoms with van der Waals surface area (Å²) in [4.78, 5) is 0. The Bertz CT molecular complexity index is 263. The largest absolute Gasteiger partial charge is 0.492 e. The summed E-state index contributed by atoms with van der Waals surface area (Å²) in [6.07, 6.45) is 1.05. The summed E-state index contributed by atoms with van der Waals surface area (Å²) in [6, 6.07) is 0. The van der Waals surface area contributed by atoms with Gasteiger partial charge < -0.3 is 14.8 Å². The zero-order chi connectivity index (χ0) is 8.72. The third kappa shape index (κ3) is 1.02. The van der Waals surface area contributed by atoms with Crippen LogP contribution in [0.1, 0.15) is 6.42 Å². The van der Waals surface area contributed by atoms with Crippen LogP contribution in [0.25, 0.3) is 0 Å². The number of hydrogen-bond acceptors (Lipinski definition) is 3. The van der Waals surface area contributed by atoms with Crippen molar-refractivity contribution in [3.63, 3.8) is 0 Å². The first-order valence-corrected chi connectivity index (χ1v) is 3.76. The average molecular weight is 170 g/mol. The summed E-state index contributed by atoms with van der Waals surface area (Å²) in [5.74, 6) is 0. The maximum absolute atomic E-state index is 13.1. The van der Waals surface area contributed by atoms with Crippen LogP contribution in [0.5, 0.6) is 0 Å². The van der Waals surface area contributed by atoms with E-state index in [1.54, 1.807) is 12.2 Å². The highest BCUT2D eigenvalue weighted by atomic mass is 19.1. The smallest absolute Gasteiger partial charge is 0.423 e. The predicted octanol–water partition coefficient (Wildman–Crippen LogP) is -0.0507. The molecule has 1 aliphatic heterocycles. The fourth-order valence-electron chi connectivity index (χ4n) is 1.51. The van der Waals surface area contributed by atoms with Crippen LogP contribution in [0.3, 0.4) is 0 Å². The number of allylic oxidation sites excluding steroid dienone is 2. The van der Waals surface area contributed by atoms with Crippen LogP contribution in [-0.2, 0) is 4.65 Å². The molecule has 2 N–H and O–H groups in total. The molecule has 0 radical (unpaired) electrons. The van der Waals surface area contributed by atoms with E-state index in [-0.39, 0.29) is 11.9 Å². The zero-order valence-corrected chi connectivity index (χ0v) is 6.27. The van der Waals surface area contributed by atoms with Crippen molar-refractivity contribution in [1.82, 2.24) is 0 Å². The highest BCUT2D eigenvalue weighted by molar-refractivity contribution is 6.54. The van der Waals surface area contributed by atoms with E-state index in [2.05, 4.69) is 4.65 Å². The summed E-state index contributed by atoms with van der Waals surface area (Å²) in [7, 11) is -1.28. The Hall–Kier alpha value is -0.645. The lowest BCUT2D eigenvalue weighted by atomic mass is 9.73. The molecule has 0 aromatic rings. The van der Waals surface area contributed by atoms with Gasteiger partial charge in [0.05, 0.1) is 0 Å². The van der Waals surface area contributed by atoms with Gasteiger partial charge in [-0.3, -0.25) is 0 Å². The Labute approximate surface area is 69.3 Å². The highest BCUT2D eigenvalue weighted by Gasteiger charge is 2.40. The summed E-state index contributed by atoms with van der Waals surface area (Å²) in [6.45, 7) is 0. The fourth-order valence-corrected chi connectivity index (χ4v) is 1.51. The van der Waals surface area contributed by atoms with Crippen LogP contribution in [0.4, 0.5) is 4.39 Å². The van der Waals surface area contributed by atoms with Gasteiger partial charge in [0.2, 0.25) is 0 Å². The zero-order valence-electron chi connectivity index (χ0n) is 6.27. The molecule has 0 saturated heterocycles. The second-order valence-electron chi connectivity index (χ2n) is 2.86. The lowest BCUT2D eigenvalue weighted by Gasteiger charge is -2.12. The lowest BCUT2D eigenvalue weighted by molar-refractivity contribution is 0.0131. The molecule has 0 bridgehead atoms. The van der Waals surface area contributed by atoms with E-state index >= 15 is 0 Å². The van der Waals surface area contributed by atoms with E-state index < -0.39 is 19.6 Å². The van der Waals surface area contributed by atoms with Gasteiger partial charge in [-0.15, -0.1) is 0 Å². The van der Waals surface area contributed by atoms with Gasteiger partial charge in [-0.05, 0) is 0 Å². The molecule has 3 nitrogen and oxygen atoms in total. The standard InChI is InChI=1S/C7H8BFO3/c9-5-3-1-2-4-6(5)8(11)12-7(4)10/h1-2,5,7,10-11H,3H2. The summed E-state index contributed by atoms with van der Waals surface area (Å²) >= 11 is 0. The van der Waals surface area contributed by atoms with E-state index in [1.165, 1.54) is 0 Å². The van der Waals surface area contributed by atoms with Crippen LogP contribution in [-0.4, -0.2) is 29.7 Å². The molecule has 0 aromatic heterocycles. The SMILES string of the molecule is OB1OC(O)C2=C1C(F)CC=C2. The number of aliphatic hydroxyl groups excluding tert-OH is 1. The molecule has 1 aliphatic carbocycles. The van der Waals surface area contributed by atoms with Gasteiger partial charge in [0, 0.05) is 17.5 Å². The fraction of sp³-hybridized carbons (Fsp3) is 0.429. The Morgan fingerprint density at radius 3 is 3.08 bits per heavy atom. The van der Waals surface area contributed by atoms with Crippen molar-refractivity contribution in [3.8, 4) is 0 Å². The molecule has 2 atom stereocenters. The second kappa shape index (κ2) is 2.69. The number of aliphatic hydroxyl groups is 1. The molecule has 5 heteroatoms. The van der Waals surface area contributed by atoms with E-state index in [0.717, 1.165) is 0 Å². The number of halogens is 1. The first-order chi connectivity index (χ1) is 5.70. The molecular formula is C7H8BFO3. The van der Waals surface area contributed by atoms with Gasteiger partial charge in [0.25, 0.3) is 0 Å². The van der Waals surface area contributed by atoms with Gasteiger partial charge >= 0.3 is 7.12 Å². The molecular weight excluding hydrogens is 162 g/mol. The Morgan fingerprint density at radius 2 is 2.42 bits per heavy atom. The molecule has 0 saturated carbocycles. The van der Waals surface area contributed by atoms with Crippen LogP contribution in [0.15, 0.2) is 23.2 Å². The third-order valence-corrected chi connectivity index (χ3v) is 2.10. The van der Waals surface area contributed by atoms with Crippen LogP contribution < -0.4 is 0 Å².